The van der Waals surface area contributed by atoms with E-state index in [1.54, 1.807) is 12.4 Å². The second kappa shape index (κ2) is 7.78. The van der Waals surface area contributed by atoms with Crippen LogP contribution in [0.4, 0.5) is 0 Å². The van der Waals surface area contributed by atoms with E-state index < -0.39 is 11.5 Å². The molecule has 1 atom stereocenters. The number of carbonyl (C=O) groups excluding carboxylic acids is 1. The molecule has 7 nitrogen and oxygen atoms in total. The zero-order valence-corrected chi connectivity index (χ0v) is 15.0. The standard InChI is InChI=1S/C19H24N4O3/c1-11(2)17-21-10-15(19(26)23-17)18(25)22-16(13-8-14(24)9-13)7-12-3-5-20-6-4-12/h3-6,10-11,13-14,16,24H,7-9H2,1-2H3,(H,22,25)(H,21,23,26)/t13?,14?,16-/m1/s1. The maximum Gasteiger partial charge on any atom is 0.263 e. The Balaban J connectivity index is 1.76. The van der Waals surface area contributed by atoms with Crippen molar-refractivity contribution in [2.75, 3.05) is 0 Å². The minimum Gasteiger partial charge on any atom is -0.393 e. The Morgan fingerprint density at radius 2 is 2.04 bits per heavy atom. The van der Waals surface area contributed by atoms with Crippen molar-refractivity contribution in [1.82, 2.24) is 20.3 Å². The van der Waals surface area contributed by atoms with Crippen LogP contribution in [0.5, 0.6) is 0 Å². The minimum atomic E-state index is -0.436. The number of amides is 1. The van der Waals surface area contributed by atoms with Crippen molar-refractivity contribution in [3.8, 4) is 0 Å². The number of aromatic nitrogens is 3. The Morgan fingerprint density at radius 1 is 1.35 bits per heavy atom. The molecule has 26 heavy (non-hydrogen) atoms. The molecular formula is C19H24N4O3. The normalized spacial score (nSPS) is 20.5. The second-order valence-corrected chi connectivity index (χ2v) is 7.19. The number of aliphatic hydroxyl groups is 1. The smallest absolute Gasteiger partial charge is 0.263 e. The molecule has 1 saturated carbocycles. The number of rotatable bonds is 6. The average Bonchev–Trinajstić information content (AvgIpc) is 2.59. The van der Waals surface area contributed by atoms with Crippen LogP contribution in [0, 0.1) is 5.92 Å². The Bertz CT molecular complexity index is 813. The molecule has 0 spiro atoms. The molecule has 138 valence electrons. The van der Waals surface area contributed by atoms with Gasteiger partial charge in [0.05, 0.1) is 6.10 Å². The summed E-state index contributed by atoms with van der Waals surface area (Å²) in [5, 5.41) is 12.6. The Labute approximate surface area is 151 Å². The van der Waals surface area contributed by atoms with Gasteiger partial charge < -0.3 is 15.4 Å². The highest BCUT2D eigenvalue weighted by Gasteiger charge is 2.35. The maximum absolute atomic E-state index is 12.6. The summed E-state index contributed by atoms with van der Waals surface area (Å²) < 4.78 is 0. The first-order valence-electron chi connectivity index (χ1n) is 8.91. The van der Waals surface area contributed by atoms with Gasteiger partial charge in [-0.3, -0.25) is 14.6 Å². The zero-order valence-electron chi connectivity index (χ0n) is 15.0. The average molecular weight is 356 g/mol. The highest BCUT2D eigenvalue weighted by molar-refractivity contribution is 5.93. The lowest BCUT2D eigenvalue weighted by atomic mass is 9.75. The van der Waals surface area contributed by atoms with Crippen LogP contribution in [0.25, 0.3) is 0 Å². The van der Waals surface area contributed by atoms with Crippen LogP contribution in [0.3, 0.4) is 0 Å². The third-order valence-electron chi connectivity index (χ3n) is 4.85. The quantitative estimate of drug-likeness (QED) is 0.725. The zero-order chi connectivity index (χ0) is 18.7. The molecule has 2 heterocycles. The first-order chi connectivity index (χ1) is 12.4. The van der Waals surface area contributed by atoms with Gasteiger partial charge in [-0.05, 0) is 42.9 Å². The highest BCUT2D eigenvalue weighted by Crippen LogP contribution is 2.31. The van der Waals surface area contributed by atoms with Crippen molar-refractivity contribution >= 4 is 5.91 Å². The van der Waals surface area contributed by atoms with E-state index in [1.165, 1.54) is 6.20 Å². The lowest BCUT2D eigenvalue weighted by Gasteiger charge is -2.38. The van der Waals surface area contributed by atoms with Crippen molar-refractivity contribution < 1.29 is 9.90 Å². The first kappa shape index (κ1) is 18.3. The lowest BCUT2D eigenvalue weighted by molar-refractivity contribution is 0.0239. The second-order valence-electron chi connectivity index (χ2n) is 7.19. The molecular weight excluding hydrogens is 332 g/mol. The number of hydrogen-bond donors (Lipinski definition) is 3. The number of nitrogens with zero attached hydrogens (tertiary/aromatic N) is 2. The molecule has 2 aromatic heterocycles. The summed E-state index contributed by atoms with van der Waals surface area (Å²) in [5.41, 5.74) is 0.625. The van der Waals surface area contributed by atoms with Gasteiger partial charge in [0.25, 0.3) is 11.5 Å². The fourth-order valence-corrected chi connectivity index (χ4v) is 3.18. The number of aromatic amines is 1. The van der Waals surface area contributed by atoms with Gasteiger partial charge in [-0.25, -0.2) is 4.98 Å². The fraction of sp³-hybridized carbons (Fsp3) is 0.474. The molecule has 1 aliphatic rings. The molecule has 1 amide bonds. The molecule has 1 fully saturated rings. The molecule has 7 heteroatoms. The van der Waals surface area contributed by atoms with Crippen molar-refractivity contribution in [1.29, 1.82) is 0 Å². The molecule has 3 rings (SSSR count). The van der Waals surface area contributed by atoms with E-state index in [-0.39, 0.29) is 29.5 Å². The minimum absolute atomic E-state index is 0.00833. The largest absolute Gasteiger partial charge is 0.393 e. The molecule has 0 unspecified atom stereocenters. The molecule has 0 aromatic carbocycles. The van der Waals surface area contributed by atoms with Crippen molar-refractivity contribution in [3.05, 3.63) is 58.0 Å². The summed E-state index contributed by atoms with van der Waals surface area (Å²) in [4.78, 5) is 35.7. The number of aliphatic hydroxyl groups excluding tert-OH is 1. The van der Waals surface area contributed by atoms with E-state index in [9.17, 15) is 14.7 Å². The van der Waals surface area contributed by atoms with Crippen LogP contribution in [0.2, 0.25) is 0 Å². The monoisotopic (exact) mass is 356 g/mol. The van der Waals surface area contributed by atoms with Gasteiger partial charge in [-0.15, -0.1) is 0 Å². The van der Waals surface area contributed by atoms with Gasteiger partial charge in [-0.2, -0.15) is 0 Å². The number of pyridine rings is 1. The maximum atomic E-state index is 12.6. The third kappa shape index (κ3) is 4.16. The number of hydrogen-bond acceptors (Lipinski definition) is 5. The number of carbonyl (C=O) groups is 1. The number of nitrogens with one attached hydrogen (secondary N) is 2. The third-order valence-corrected chi connectivity index (χ3v) is 4.85. The van der Waals surface area contributed by atoms with E-state index >= 15 is 0 Å². The van der Waals surface area contributed by atoms with Crippen molar-refractivity contribution in [2.24, 2.45) is 5.92 Å². The van der Waals surface area contributed by atoms with E-state index in [4.69, 9.17) is 0 Å². The molecule has 3 N–H and O–H groups in total. The van der Waals surface area contributed by atoms with E-state index in [0.29, 0.717) is 25.1 Å². The van der Waals surface area contributed by atoms with E-state index in [1.807, 2.05) is 26.0 Å². The van der Waals surface area contributed by atoms with Crippen LogP contribution in [0.15, 0.2) is 35.5 Å². The van der Waals surface area contributed by atoms with Gasteiger partial charge in [0.2, 0.25) is 0 Å². The predicted molar refractivity (Wildman–Crippen MR) is 96.9 cm³/mol. The highest BCUT2D eigenvalue weighted by atomic mass is 16.3. The topological polar surface area (TPSA) is 108 Å². The van der Waals surface area contributed by atoms with Crippen LogP contribution in [0.1, 0.15) is 54.4 Å². The molecule has 0 radical (unpaired) electrons. The molecule has 0 bridgehead atoms. The molecule has 1 aliphatic carbocycles. The molecule has 2 aromatic rings. The van der Waals surface area contributed by atoms with Crippen molar-refractivity contribution in [2.45, 2.75) is 51.2 Å². The van der Waals surface area contributed by atoms with E-state index in [0.717, 1.165) is 5.56 Å². The summed E-state index contributed by atoms with van der Waals surface area (Å²) in [6.45, 7) is 3.84. The van der Waals surface area contributed by atoms with Gasteiger partial charge >= 0.3 is 0 Å². The van der Waals surface area contributed by atoms with Crippen LogP contribution in [-0.2, 0) is 6.42 Å². The summed E-state index contributed by atoms with van der Waals surface area (Å²) in [5.74, 6) is 0.385. The SMILES string of the molecule is CC(C)c1ncc(C(=O)N[C@H](Cc2ccncc2)C2CC(O)C2)c(=O)[nH]1. The predicted octanol–water partition coefficient (Wildman–Crippen LogP) is 1.40. The summed E-state index contributed by atoms with van der Waals surface area (Å²) in [6, 6.07) is 3.65. The van der Waals surface area contributed by atoms with Gasteiger partial charge in [0.15, 0.2) is 0 Å². The van der Waals surface area contributed by atoms with Crippen LogP contribution in [-0.4, -0.2) is 38.1 Å². The first-order valence-corrected chi connectivity index (χ1v) is 8.91. The molecule has 0 aliphatic heterocycles. The number of H-pyrrole nitrogens is 1. The van der Waals surface area contributed by atoms with Crippen LogP contribution >= 0.6 is 0 Å². The molecule has 0 saturated heterocycles. The lowest BCUT2D eigenvalue weighted by Crippen LogP contribution is -2.49. The Hall–Kier alpha value is -2.54. The summed E-state index contributed by atoms with van der Waals surface area (Å²) >= 11 is 0. The summed E-state index contributed by atoms with van der Waals surface area (Å²) in [6.07, 6.45) is 6.37. The van der Waals surface area contributed by atoms with Crippen molar-refractivity contribution in [3.63, 3.8) is 0 Å². The van der Waals surface area contributed by atoms with Gasteiger partial charge in [-0.1, -0.05) is 13.8 Å². The van der Waals surface area contributed by atoms with Crippen LogP contribution < -0.4 is 10.9 Å². The Morgan fingerprint density at radius 3 is 2.62 bits per heavy atom. The Kier molecular flexibility index (Phi) is 5.46. The van der Waals surface area contributed by atoms with Gasteiger partial charge in [0, 0.05) is 30.6 Å². The van der Waals surface area contributed by atoms with Gasteiger partial charge in [0.1, 0.15) is 11.4 Å². The summed E-state index contributed by atoms with van der Waals surface area (Å²) in [7, 11) is 0. The fourth-order valence-electron chi connectivity index (χ4n) is 3.18. The van der Waals surface area contributed by atoms with E-state index in [2.05, 4.69) is 20.3 Å².